The summed E-state index contributed by atoms with van der Waals surface area (Å²) in [5.74, 6) is 0.827. The minimum Gasteiger partial charge on any atom is -0.492 e. The fourth-order valence-electron chi connectivity index (χ4n) is 1.81. The molecule has 1 aromatic carbocycles. The van der Waals surface area contributed by atoms with E-state index >= 15 is 0 Å². The van der Waals surface area contributed by atoms with E-state index in [1.165, 1.54) is 0 Å². The first-order chi connectivity index (χ1) is 7.92. The molecule has 1 atom stereocenters. The number of aliphatic hydroxyl groups is 1. The number of hydrogen-bond acceptors (Lipinski definition) is 2. The molecule has 0 amide bonds. The first kappa shape index (κ1) is 14.3. The minimum absolute atomic E-state index is 0.141. The van der Waals surface area contributed by atoms with Crippen molar-refractivity contribution >= 4 is 11.6 Å². The molecule has 0 bridgehead atoms. The van der Waals surface area contributed by atoms with Crippen molar-refractivity contribution in [1.29, 1.82) is 0 Å². The summed E-state index contributed by atoms with van der Waals surface area (Å²) >= 11 is 6.00. The molecule has 1 unspecified atom stereocenters. The summed E-state index contributed by atoms with van der Waals surface area (Å²) in [5, 5.41) is 9.93. The maximum atomic E-state index is 9.32. The number of rotatable bonds is 5. The van der Waals surface area contributed by atoms with Crippen LogP contribution in [0.15, 0.2) is 24.3 Å². The number of halogens is 1. The average molecular weight is 257 g/mol. The van der Waals surface area contributed by atoms with Crippen LogP contribution in [0.1, 0.15) is 27.2 Å². The summed E-state index contributed by atoms with van der Waals surface area (Å²) in [6.07, 6.45) is 0.925. The van der Waals surface area contributed by atoms with Crippen LogP contribution in [0.5, 0.6) is 5.75 Å². The molecule has 0 spiro atoms. The fourth-order valence-corrected chi connectivity index (χ4v) is 2.00. The Hall–Kier alpha value is -0.730. The molecule has 1 aromatic rings. The van der Waals surface area contributed by atoms with Gasteiger partial charge in [0.15, 0.2) is 0 Å². The zero-order valence-electron chi connectivity index (χ0n) is 10.7. The van der Waals surface area contributed by atoms with Gasteiger partial charge in [0.25, 0.3) is 0 Å². The van der Waals surface area contributed by atoms with Gasteiger partial charge in [-0.15, -0.1) is 0 Å². The van der Waals surface area contributed by atoms with E-state index in [2.05, 4.69) is 20.8 Å². The highest BCUT2D eigenvalue weighted by Gasteiger charge is 2.19. The quantitative estimate of drug-likeness (QED) is 0.869. The lowest BCUT2D eigenvalue weighted by atomic mass is 9.85. The SMILES string of the molecule is CC(C)(C)CC(CO)COc1ccccc1Cl. The van der Waals surface area contributed by atoms with E-state index in [0.717, 1.165) is 6.42 Å². The molecule has 0 saturated heterocycles. The number of hydrogen-bond donors (Lipinski definition) is 1. The predicted octanol–water partition coefficient (Wildman–Crippen LogP) is 3.76. The van der Waals surface area contributed by atoms with Gasteiger partial charge in [-0.2, -0.15) is 0 Å². The number of benzene rings is 1. The monoisotopic (exact) mass is 256 g/mol. The van der Waals surface area contributed by atoms with Crippen molar-refractivity contribution < 1.29 is 9.84 Å². The first-order valence-electron chi connectivity index (χ1n) is 5.90. The van der Waals surface area contributed by atoms with Gasteiger partial charge in [0.05, 0.1) is 11.6 Å². The molecule has 17 heavy (non-hydrogen) atoms. The van der Waals surface area contributed by atoms with E-state index in [4.69, 9.17) is 16.3 Å². The Balaban J connectivity index is 2.51. The maximum Gasteiger partial charge on any atom is 0.137 e. The second-order valence-electron chi connectivity index (χ2n) is 5.55. The Morgan fingerprint density at radius 1 is 1.29 bits per heavy atom. The zero-order valence-corrected chi connectivity index (χ0v) is 11.5. The van der Waals surface area contributed by atoms with Crippen LogP contribution in [-0.2, 0) is 0 Å². The van der Waals surface area contributed by atoms with Gasteiger partial charge in [-0.25, -0.2) is 0 Å². The van der Waals surface area contributed by atoms with Crippen LogP contribution in [0.4, 0.5) is 0 Å². The normalized spacial score (nSPS) is 13.5. The number of aliphatic hydroxyl groups excluding tert-OH is 1. The molecule has 0 aliphatic rings. The number of para-hydroxylation sites is 1. The van der Waals surface area contributed by atoms with Crippen LogP contribution in [0.2, 0.25) is 5.02 Å². The molecule has 2 nitrogen and oxygen atoms in total. The van der Waals surface area contributed by atoms with Crippen molar-refractivity contribution in [3.8, 4) is 5.75 Å². The van der Waals surface area contributed by atoms with Crippen molar-refractivity contribution in [2.24, 2.45) is 11.3 Å². The Labute approximate surface area is 109 Å². The topological polar surface area (TPSA) is 29.5 Å². The van der Waals surface area contributed by atoms with E-state index in [9.17, 15) is 5.11 Å². The highest BCUT2D eigenvalue weighted by molar-refractivity contribution is 6.32. The predicted molar refractivity (Wildman–Crippen MR) is 71.6 cm³/mol. The highest BCUT2D eigenvalue weighted by Crippen LogP contribution is 2.27. The second-order valence-corrected chi connectivity index (χ2v) is 5.96. The van der Waals surface area contributed by atoms with Gasteiger partial charge in [0, 0.05) is 12.5 Å². The van der Waals surface area contributed by atoms with Crippen LogP contribution < -0.4 is 4.74 Å². The van der Waals surface area contributed by atoms with Crippen LogP contribution in [0.3, 0.4) is 0 Å². The van der Waals surface area contributed by atoms with E-state index in [1.54, 1.807) is 6.07 Å². The lowest BCUT2D eigenvalue weighted by molar-refractivity contribution is 0.126. The largest absolute Gasteiger partial charge is 0.492 e. The standard InChI is InChI=1S/C14H21ClO2/c1-14(2,3)8-11(9-16)10-17-13-7-5-4-6-12(13)15/h4-7,11,16H,8-10H2,1-3H3. The maximum absolute atomic E-state index is 9.32. The van der Waals surface area contributed by atoms with Crippen molar-refractivity contribution in [3.63, 3.8) is 0 Å². The van der Waals surface area contributed by atoms with Crippen molar-refractivity contribution in [3.05, 3.63) is 29.3 Å². The minimum atomic E-state index is 0.141. The van der Waals surface area contributed by atoms with E-state index in [-0.39, 0.29) is 17.9 Å². The molecule has 0 aromatic heterocycles. The van der Waals surface area contributed by atoms with E-state index in [0.29, 0.717) is 17.4 Å². The van der Waals surface area contributed by atoms with Gasteiger partial charge in [-0.05, 0) is 24.0 Å². The Bertz CT molecular complexity index is 344. The summed E-state index contributed by atoms with van der Waals surface area (Å²) in [6.45, 7) is 7.11. The summed E-state index contributed by atoms with van der Waals surface area (Å²) < 4.78 is 5.64. The smallest absolute Gasteiger partial charge is 0.137 e. The lowest BCUT2D eigenvalue weighted by Gasteiger charge is -2.24. The summed E-state index contributed by atoms with van der Waals surface area (Å²) in [7, 11) is 0. The molecule has 0 radical (unpaired) electrons. The molecule has 3 heteroatoms. The molecule has 0 saturated carbocycles. The zero-order chi connectivity index (χ0) is 12.9. The molecule has 0 heterocycles. The van der Waals surface area contributed by atoms with Crippen molar-refractivity contribution in [1.82, 2.24) is 0 Å². The molecule has 0 aliphatic heterocycles. The van der Waals surface area contributed by atoms with Crippen molar-refractivity contribution in [2.75, 3.05) is 13.2 Å². The second kappa shape index (κ2) is 6.27. The molecule has 1 rings (SSSR count). The molecule has 96 valence electrons. The lowest BCUT2D eigenvalue weighted by Crippen LogP contribution is -2.22. The molecule has 0 aliphatic carbocycles. The van der Waals surface area contributed by atoms with Crippen LogP contribution in [0.25, 0.3) is 0 Å². The Morgan fingerprint density at radius 2 is 1.94 bits per heavy atom. The Morgan fingerprint density at radius 3 is 2.47 bits per heavy atom. The van der Waals surface area contributed by atoms with E-state index in [1.807, 2.05) is 18.2 Å². The third-order valence-corrected chi connectivity index (χ3v) is 2.78. The van der Waals surface area contributed by atoms with E-state index < -0.39 is 0 Å². The van der Waals surface area contributed by atoms with Crippen molar-refractivity contribution in [2.45, 2.75) is 27.2 Å². The third kappa shape index (κ3) is 5.42. The van der Waals surface area contributed by atoms with Crippen LogP contribution >= 0.6 is 11.6 Å². The van der Waals surface area contributed by atoms with Gasteiger partial charge >= 0.3 is 0 Å². The molecule has 1 N–H and O–H groups in total. The Kier molecular flexibility index (Phi) is 5.29. The third-order valence-electron chi connectivity index (χ3n) is 2.47. The first-order valence-corrected chi connectivity index (χ1v) is 6.28. The van der Waals surface area contributed by atoms with Gasteiger partial charge < -0.3 is 9.84 Å². The van der Waals surface area contributed by atoms with Gasteiger partial charge in [-0.1, -0.05) is 44.5 Å². The van der Waals surface area contributed by atoms with Gasteiger partial charge in [-0.3, -0.25) is 0 Å². The average Bonchev–Trinajstić information content (AvgIpc) is 2.24. The van der Waals surface area contributed by atoms with Gasteiger partial charge in [0.1, 0.15) is 5.75 Å². The number of ether oxygens (including phenoxy) is 1. The summed E-state index contributed by atoms with van der Waals surface area (Å²) in [6, 6.07) is 7.40. The highest BCUT2D eigenvalue weighted by atomic mass is 35.5. The van der Waals surface area contributed by atoms with Crippen LogP contribution in [-0.4, -0.2) is 18.3 Å². The van der Waals surface area contributed by atoms with Gasteiger partial charge in [0.2, 0.25) is 0 Å². The summed E-state index contributed by atoms with van der Waals surface area (Å²) in [4.78, 5) is 0. The molecular formula is C14H21ClO2. The fraction of sp³-hybridized carbons (Fsp3) is 0.571. The van der Waals surface area contributed by atoms with Crippen LogP contribution in [0, 0.1) is 11.3 Å². The summed E-state index contributed by atoms with van der Waals surface area (Å²) in [5.41, 5.74) is 0.192. The molecular weight excluding hydrogens is 236 g/mol. The molecule has 0 fully saturated rings.